The van der Waals surface area contributed by atoms with Crippen LogP contribution in [0.25, 0.3) is 22.3 Å². The lowest BCUT2D eigenvalue weighted by molar-refractivity contribution is 0.0645. The van der Waals surface area contributed by atoms with Crippen LogP contribution in [0, 0.1) is 0 Å². The second-order valence-electron chi connectivity index (χ2n) is 8.92. The number of piperidine rings is 1. The zero-order valence-electron chi connectivity index (χ0n) is 19.1. The number of amides is 1. The normalized spacial score (nSPS) is 19.6. The lowest BCUT2D eigenvalue weighted by atomic mass is 10.0. The summed E-state index contributed by atoms with van der Waals surface area (Å²) in [6, 6.07) is 7.59. The maximum absolute atomic E-state index is 13.6. The lowest BCUT2D eigenvalue weighted by Gasteiger charge is -2.33. The number of alkyl halides is 1. The van der Waals surface area contributed by atoms with Gasteiger partial charge in [0, 0.05) is 55.6 Å². The number of hydrogen-bond acceptors (Lipinski definition) is 7. The van der Waals surface area contributed by atoms with Crippen LogP contribution in [0.2, 0.25) is 0 Å². The zero-order valence-corrected chi connectivity index (χ0v) is 19.1. The minimum absolute atomic E-state index is 0.163. The van der Waals surface area contributed by atoms with Gasteiger partial charge >= 0.3 is 0 Å². The van der Waals surface area contributed by atoms with Crippen LogP contribution >= 0.6 is 0 Å². The molecule has 0 bridgehead atoms. The Morgan fingerprint density at radius 3 is 2.86 bits per heavy atom. The Morgan fingerprint density at radius 1 is 1.17 bits per heavy atom. The van der Waals surface area contributed by atoms with Crippen LogP contribution in [0.1, 0.15) is 22.3 Å². The van der Waals surface area contributed by atoms with Crippen molar-refractivity contribution < 1.29 is 14.3 Å². The van der Waals surface area contributed by atoms with E-state index in [-0.39, 0.29) is 18.9 Å². The predicted octanol–water partition coefficient (Wildman–Crippen LogP) is 2.93. The van der Waals surface area contributed by atoms with E-state index in [1.165, 1.54) is 0 Å². The van der Waals surface area contributed by atoms with Gasteiger partial charge in [0.1, 0.15) is 23.7 Å². The number of halogens is 1. The van der Waals surface area contributed by atoms with Crippen molar-refractivity contribution >= 4 is 34.1 Å². The van der Waals surface area contributed by atoms with Gasteiger partial charge in [-0.2, -0.15) is 0 Å². The number of aryl methyl sites for hydroxylation is 1. The molecule has 0 unspecified atom stereocenters. The fraction of sp³-hybridized carbons (Fsp3) is 0.280. The maximum Gasteiger partial charge on any atom is 0.254 e. The summed E-state index contributed by atoms with van der Waals surface area (Å²) < 4.78 is 15.5. The number of aromatic nitrogens is 4. The summed E-state index contributed by atoms with van der Waals surface area (Å²) in [7, 11) is 1.94. The number of nitrogens with one attached hydrogen (secondary N) is 2. The van der Waals surface area contributed by atoms with E-state index in [9.17, 15) is 14.3 Å². The highest BCUT2D eigenvalue weighted by Crippen LogP contribution is 2.36. The Morgan fingerprint density at radius 2 is 2.06 bits per heavy atom. The topological polar surface area (TPSA) is 108 Å². The third-order valence-electron chi connectivity index (χ3n) is 6.73. The fourth-order valence-electron chi connectivity index (χ4n) is 4.86. The number of carbonyl (C=O) groups is 1. The number of rotatable bonds is 4. The van der Waals surface area contributed by atoms with Crippen molar-refractivity contribution in [1.82, 2.24) is 24.8 Å². The van der Waals surface area contributed by atoms with Crippen molar-refractivity contribution in [2.75, 3.05) is 23.3 Å². The van der Waals surface area contributed by atoms with Crippen molar-refractivity contribution in [1.29, 1.82) is 0 Å². The van der Waals surface area contributed by atoms with Gasteiger partial charge in [0.2, 0.25) is 0 Å². The van der Waals surface area contributed by atoms with E-state index in [2.05, 4.69) is 20.6 Å². The first kappa shape index (κ1) is 21.5. The van der Waals surface area contributed by atoms with E-state index in [1.54, 1.807) is 24.7 Å². The highest BCUT2D eigenvalue weighted by molar-refractivity contribution is 6.06. The smallest absolute Gasteiger partial charge is 0.254 e. The van der Waals surface area contributed by atoms with Crippen molar-refractivity contribution in [2.45, 2.75) is 25.2 Å². The molecule has 0 spiro atoms. The molecule has 2 aliphatic heterocycles. The van der Waals surface area contributed by atoms with E-state index in [0.717, 1.165) is 33.5 Å². The summed E-state index contributed by atoms with van der Waals surface area (Å²) in [6.07, 6.45) is 5.15. The highest BCUT2D eigenvalue weighted by atomic mass is 19.1. The van der Waals surface area contributed by atoms with Crippen LogP contribution in [-0.4, -0.2) is 55.9 Å². The van der Waals surface area contributed by atoms with E-state index in [1.807, 2.05) is 40.9 Å². The maximum atomic E-state index is 13.6. The first-order valence-electron chi connectivity index (χ1n) is 11.5. The molecule has 1 fully saturated rings. The Hall–Kier alpha value is -4.05. The predicted molar refractivity (Wildman–Crippen MR) is 130 cm³/mol. The highest BCUT2D eigenvalue weighted by Gasteiger charge is 2.29. The minimum atomic E-state index is -1.19. The number of aliphatic hydroxyl groups excluding tert-OH is 1. The third-order valence-corrected chi connectivity index (χ3v) is 6.73. The van der Waals surface area contributed by atoms with Crippen molar-refractivity contribution in [3.8, 4) is 11.3 Å². The molecule has 1 amide bonds. The van der Waals surface area contributed by atoms with Gasteiger partial charge in [0.05, 0.1) is 35.0 Å². The second kappa shape index (κ2) is 8.31. The summed E-state index contributed by atoms with van der Waals surface area (Å²) in [4.78, 5) is 28.3. The largest absolute Gasteiger partial charge is 0.388 e. The van der Waals surface area contributed by atoms with Crippen LogP contribution < -0.4 is 15.5 Å². The number of anilines is 3. The molecular weight excluding hydrogens is 449 g/mol. The molecule has 2 aliphatic rings. The fourth-order valence-corrected chi connectivity index (χ4v) is 4.86. The van der Waals surface area contributed by atoms with Crippen LogP contribution in [0.3, 0.4) is 0 Å². The van der Waals surface area contributed by atoms with Gasteiger partial charge < -0.3 is 25.2 Å². The number of carbonyl (C=O) groups excluding carboxylic acids is 1. The summed E-state index contributed by atoms with van der Waals surface area (Å²) in [5.41, 5.74) is 5.29. The van der Waals surface area contributed by atoms with Crippen molar-refractivity contribution in [3.05, 3.63) is 60.2 Å². The molecule has 4 aromatic rings. The Kier molecular flexibility index (Phi) is 5.10. The number of hydrogen-bond donors (Lipinski definition) is 3. The van der Waals surface area contributed by atoms with Gasteiger partial charge in [-0.05, 0) is 30.7 Å². The quantitative estimate of drug-likeness (QED) is 0.418. The number of fused-ring (bicyclic) bond motifs is 2. The molecule has 178 valence electrons. The van der Waals surface area contributed by atoms with Crippen molar-refractivity contribution in [2.24, 2.45) is 7.05 Å². The molecule has 0 saturated carbocycles. The lowest BCUT2D eigenvalue weighted by Crippen LogP contribution is -2.45. The molecule has 0 aliphatic carbocycles. The second-order valence-corrected chi connectivity index (χ2v) is 8.92. The SMILES string of the molecule is Cn1ccc2c(-c3ncc(Nc4ccc(N5CC[C@@H](F)[C@H](O)C5)cn4)c4c3CNC4=O)ccnc21. The van der Waals surface area contributed by atoms with E-state index in [4.69, 9.17) is 4.98 Å². The van der Waals surface area contributed by atoms with Crippen LogP contribution in [-0.2, 0) is 13.6 Å². The Labute approximate surface area is 200 Å². The van der Waals surface area contributed by atoms with Gasteiger partial charge in [0.25, 0.3) is 5.91 Å². The van der Waals surface area contributed by atoms with Crippen LogP contribution in [0.15, 0.2) is 49.1 Å². The Balaban J connectivity index is 1.31. The van der Waals surface area contributed by atoms with Crippen LogP contribution in [0.5, 0.6) is 0 Å². The molecule has 6 rings (SSSR count). The molecule has 4 aromatic heterocycles. The molecule has 3 N–H and O–H groups in total. The first-order chi connectivity index (χ1) is 17.0. The summed E-state index contributed by atoms with van der Waals surface area (Å²) in [5.74, 6) is 0.393. The number of pyridine rings is 3. The molecule has 35 heavy (non-hydrogen) atoms. The van der Waals surface area contributed by atoms with Gasteiger partial charge in [-0.25, -0.2) is 14.4 Å². The van der Waals surface area contributed by atoms with E-state index in [0.29, 0.717) is 30.2 Å². The average molecular weight is 474 g/mol. The Bertz CT molecular complexity index is 1440. The molecule has 6 heterocycles. The monoisotopic (exact) mass is 473 g/mol. The molecule has 10 heteroatoms. The molecule has 1 saturated heterocycles. The van der Waals surface area contributed by atoms with Gasteiger partial charge in [-0.15, -0.1) is 0 Å². The van der Waals surface area contributed by atoms with E-state index >= 15 is 0 Å². The summed E-state index contributed by atoms with van der Waals surface area (Å²) in [6.45, 7) is 1.15. The number of nitrogens with zero attached hydrogens (tertiary/aromatic N) is 5. The van der Waals surface area contributed by atoms with E-state index < -0.39 is 12.3 Å². The number of aliphatic hydroxyl groups is 1. The molecular formula is C25H24FN7O2. The molecule has 0 radical (unpaired) electrons. The molecule has 0 aromatic carbocycles. The standard InChI is InChI=1S/C25H24FN7O2/c1-32-8-5-16-15(4-7-27-24(16)32)23-17-11-30-25(35)22(17)19(12-29-23)31-21-3-2-14(10-28-21)33-9-6-18(26)20(34)13-33/h2-5,7-8,10,12,18,20,34H,6,9,11,13H2,1H3,(H,28,31)(H,30,35)/t18-,20-/m1/s1. The van der Waals surface area contributed by atoms with Crippen LogP contribution in [0.4, 0.5) is 21.6 Å². The number of β-amino-alcohol motifs (C(OH)–C–C–N with tert-alkyl or cyclic N) is 1. The third kappa shape index (κ3) is 3.66. The molecule has 9 nitrogen and oxygen atoms in total. The van der Waals surface area contributed by atoms with Gasteiger partial charge in [-0.3, -0.25) is 9.78 Å². The first-order valence-corrected chi connectivity index (χ1v) is 11.5. The van der Waals surface area contributed by atoms with Gasteiger partial charge in [0.15, 0.2) is 0 Å². The average Bonchev–Trinajstić information content (AvgIpc) is 3.45. The summed E-state index contributed by atoms with van der Waals surface area (Å²) >= 11 is 0. The molecule has 2 atom stereocenters. The summed E-state index contributed by atoms with van der Waals surface area (Å²) in [5, 5.41) is 16.9. The van der Waals surface area contributed by atoms with Gasteiger partial charge in [-0.1, -0.05) is 0 Å². The minimum Gasteiger partial charge on any atom is -0.388 e. The zero-order chi connectivity index (χ0) is 24.1. The van der Waals surface area contributed by atoms with Crippen molar-refractivity contribution in [3.63, 3.8) is 0 Å².